The fraction of sp³-hybridized carbons (Fsp3) is 0.611. The van der Waals surface area contributed by atoms with Gasteiger partial charge in [-0.2, -0.15) is 0 Å². The van der Waals surface area contributed by atoms with E-state index < -0.39 is 5.60 Å². The number of hydrogen-bond donors (Lipinski definition) is 0. The Hall–Kier alpha value is -1.19. The number of ether oxygens (including phenoxy) is 2. The van der Waals surface area contributed by atoms with Gasteiger partial charge in [-0.25, -0.2) is 0 Å². The molecule has 1 heterocycles. The Morgan fingerprint density at radius 3 is 2.86 bits per heavy atom. The number of ketones is 1. The number of Topliss-reactive ketones (excluding diaryl/α,β-unsaturated/α-hetero) is 1. The number of fused-ring (bicyclic) bond motifs is 1. The van der Waals surface area contributed by atoms with E-state index in [-0.39, 0.29) is 11.9 Å². The van der Waals surface area contributed by atoms with E-state index in [1.54, 1.807) is 0 Å². The maximum Gasteiger partial charge on any atom is 0.167 e. The van der Waals surface area contributed by atoms with Crippen LogP contribution in [0.15, 0.2) is 24.3 Å². The van der Waals surface area contributed by atoms with Gasteiger partial charge in [-0.1, -0.05) is 24.3 Å². The maximum absolute atomic E-state index is 12.8. The molecule has 3 nitrogen and oxygen atoms in total. The first kappa shape index (κ1) is 14.7. The van der Waals surface area contributed by atoms with Crippen LogP contribution in [0.5, 0.6) is 0 Å². The van der Waals surface area contributed by atoms with Crippen molar-refractivity contribution in [3.63, 3.8) is 0 Å². The molecule has 1 saturated carbocycles. The molecular weight excluding hydrogens is 264 g/mol. The molecule has 0 amide bonds. The highest BCUT2D eigenvalue weighted by Gasteiger charge is 2.42. The van der Waals surface area contributed by atoms with Crippen molar-refractivity contribution in [2.75, 3.05) is 13.2 Å². The first-order valence-corrected chi connectivity index (χ1v) is 8.12. The molecule has 0 N–H and O–H groups in total. The molecule has 1 aliphatic heterocycles. The molecule has 1 aromatic rings. The standard InChI is InChI=1S/C18H24O3/c1-2-21-18(10-5-6-11-18)17(19)13-16-15-8-4-3-7-14(15)9-12-20-16/h3-4,7-8,16H,2,5-6,9-13H2,1H3. The van der Waals surface area contributed by atoms with Gasteiger partial charge < -0.3 is 9.47 Å². The molecule has 1 aromatic carbocycles. The Morgan fingerprint density at radius 1 is 1.33 bits per heavy atom. The van der Waals surface area contributed by atoms with E-state index in [0.29, 0.717) is 19.6 Å². The maximum atomic E-state index is 12.8. The van der Waals surface area contributed by atoms with Crippen molar-refractivity contribution >= 4 is 5.78 Å². The number of benzene rings is 1. The van der Waals surface area contributed by atoms with E-state index in [0.717, 1.165) is 32.1 Å². The van der Waals surface area contributed by atoms with Gasteiger partial charge in [0.15, 0.2) is 5.78 Å². The summed E-state index contributed by atoms with van der Waals surface area (Å²) in [6, 6.07) is 8.32. The minimum absolute atomic E-state index is 0.0969. The molecular formula is C18H24O3. The molecule has 0 spiro atoms. The summed E-state index contributed by atoms with van der Waals surface area (Å²) in [5.74, 6) is 0.226. The van der Waals surface area contributed by atoms with E-state index in [1.807, 2.05) is 13.0 Å². The monoisotopic (exact) mass is 288 g/mol. The predicted molar refractivity (Wildman–Crippen MR) is 81.3 cm³/mol. The van der Waals surface area contributed by atoms with Crippen LogP contribution in [-0.4, -0.2) is 24.6 Å². The molecule has 0 bridgehead atoms. The average molecular weight is 288 g/mol. The fourth-order valence-electron chi connectivity index (χ4n) is 3.73. The van der Waals surface area contributed by atoms with Gasteiger partial charge in [-0.15, -0.1) is 0 Å². The fourth-order valence-corrected chi connectivity index (χ4v) is 3.73. The van der Waals surface area contributed by atoms with Gasteiger partial charge in [0.05, 0.1) is 12.7 Å². The third-order valence-electron chi connectivity index (χ3n) is 4.80. The van der Waals surface area contributed by atoms with Crippen LogP contribution in [0.2, 0.25) is 0 Å². The van der Waals surface area contributed by atoms with Crippen molar-refractivity contribution in [1.82, 2.24) is 0 Å². The van der Waals surface area contributed by atoms with Gasteiger partial charge in [0.25, 0.3) is 0 Å². The molecule has 1 fully saturated rings. The Morgan fingerprint density at radius 2 is 2.10 bits per heavy atom. The highest BCUT2D eigenvalue weighted by atomic mass is 16.5. The molecule has 21 heavy (non-hydrogen) atoms. The molecule has 0 radical (unpaired) electrons. The van der Waals surface area contributed by atoms with Crippen LogP contribution in [0, 0.1) is 0 Å². The van der Waals surface area contributed by atoms with Crippen molar-refractivity contribution in [1.29, 1.82) is 0 Å². The molecule has 2 aliphatic rings. The minimum Gasteiger partial charge on any atom is -0.373 e. The van der Waals surface area contributed by atoms with E-state index in [2.05, 4.69) is 18.2 Å². The van der Waals surface area contributed by atoms with Gasteiger partial charge >= 0.3 is 0 Å². The van der Waals surface area contributed by atoms with Crippen LogP contribution >= 0.6 is 0 Å². The molecule has 0 saturated heterocycles. The normalized spacial score (nSPS) is 23.8. The summed E-state index contributed by atoms with van der Waals surface area (Å²) in [6.07, 6.45) is 5.21. The second-order valence-electron chi connectivity index (χ2n) is 6.07. The van der Waals surface area contributed by atoms with Crippen LogP contribution in [0.4, 0.5) is 0 Å². The smallest absolute Gasteiger partial charge is 0.167 e. The molecule has 3 heteroatoms. The van der Waals surface area contributed by atoms with E-state index in [9.17, 15) is 4.79 Å². The molecule has 114 valence electrons. The Kier molecular flexibility index (Phi) is 4.41. The zero-order valence-electron chi connectivity index (χ0n) is 12.8. The third-order valence-corrected chi connectivity index (χ3v) is 4.80. The summed E-state index contributed by atoms with van der Waals surface area (Å²) in [5, 5.41) is 0. The summed E-state index contributed by atoms with van der Waals surface area (Å²) in [7, 11) is 0. The van der Waals surface area contributed by atoms with E-state index >= 15 is 0 Å². The lowest BCUT2D eigenvalue weighted by Crippen LogP contribution is -2.40. The average Bonchev–Trinajstić information content (AvgIpc) is 2.98. The van der Waals surface area contributed by atoms with Crippen LogP contribution in [0.1, 0.15) is 56.3 Å². The second kappa shape index (κ2) is 6.29. The molecule has 3 rings (SSSR count). The summed E-state index contributed by atoms with van der Waals surface area (Å²) in [4.78, 5) is 12.8. The molecule has 1 unspecified atom stereocenters. The quantitative estimate of drug-likeness (QED) is 0.830. The zero-order valence-corrected chi connectivity index (χ0v) is 12.8. The van der Waals surface area contributed by atoms with E-state index in [4.69, 9.17) is 9.47 Å². The summed E-state index contributed by atoms with van der Waals surface area (Å²) in [5.41, 5.74) is 1.96. The van der Waals surface area contributed by atoms with Gasteiger partial charge in [-0.3, -0.25) is 4.79 Å². The molecule has 0 aromatic heterocycles. The lowest BCUT2D eigenvalue weighted by atomic mass is 9.88. The van der Waals surface area contributed by atoms with Crippen molar-refractivity contribution in [2.45, 2.75) is 57.2 Å². The molecule has 1 atom stereocenters. The topological polar surface area (TPSA) is 35.5 Å². The zero-order chi connectivity index (χ0) is 14.7. The van der Waals surface area contributed by atoms with Crippen LogP contribution in [-0.2, 0) is 20.7 Å². The van der Waals surface area contributed by atoms with Gasteiger partial charge in [0, 0.05) is 13.0 Å². The van der Waals surface area contributed by atoms with Crippen molar-refractivity contribution < 1.29 is 14.3 Å². The Balaban J connectivity index is 1.76. The summed E-state index contributed by atoms with van der Waals surface area (Å²) in [6.45, 7) is 3.28. The summed E-state index contributed by atoms with van der Waals surface area (Å²) >= 11 is 0. The highest BCUT2D eigenvalue weighted by Crippen LogP contribution is 2.38. The predicted octanol–water partition coefficient (Wildman–Crippen LogP) is 3.61. The van der Waals surface area contributed by atoms with Gasteiger partial charge in [-0.05, 0) is 50.2 Å². The van der Waals surface area contributed by atoms with Crippen molar-refractivity contribution in [3.8, 4) is 0 Å². The number of rotatable bonds is 5. The lowest BCUT2D eigenvalue weighted by molar-refractivity contribution is -0.147. The molecule has 1 aliphatic carbocycles. The Bertz CT molecular complexity index is 503. The van der Waals surface area contributed by atoms with Crippen LogP contribution in [0.3, 0.4) is 0 Å². The largest absolute Gasteiger partial charge is 0.373 e. The summed E-state index contributed by atoms with van der Waals surface area (Å²) < 4.78 is 11.8. The third kappa shape index (κ3) is 2.90. The van der Waals surface area contributed by atoms with Gasteiger partial charge in [0.2, 0.25) is 0 Å². The number of carbonyl (C=O) groups excluding carboxylic acids is 1. The Labute approximate surface area is 126 Å². The first-order chi connectivity index (χ1) is 10.2. The van der Waals surface area contributed by atoms with Gasteiger partial charge in [0.1, 0.15) is 5.60 Å². The second-order valence-corrected chi connectivity index (χ2v) is 6.07. The lowest BCUT2D eigenvalue weighted by Gasteiger charge is -2.31. The van der Waals surface area contributed by atoms with Crippen molar-refractivity contribution in [2.24, 2.45) is 0 Å². The number of carbonyl (C=O) groups is 1. The van der Waals surface area contributed by atoms with E-state index in [1.165, 1.54) is 11.1 Å². The first-order valence-electron chi connectivity index (χ1n) is 8.12. The number of hydrogen-bond acceptors (Lipinski definition) is 3. The SMILES string of the molecule is CCOC1(C(=O)CC2OCCc3ccccc32)CCCC1. The van der Waals surface area contributed by atoms with Crippen LogP contribution in [0.25, 0.3) is 0 Å². The minimum atomic E-state index is -0.537. The highest BCUT2D eigenvalue weighted by molar-refractivity contribution is 5.88. The van der Waals surface area contributed by atoms with Crippen molar-refractivity contribution in [3.05, 3.63) is 35.4 Å². The van der Waals surface area contributed by atoms with Crippen LogP contribution < -0.4 is 0 Å².